The van der Waals surface area contributed by atoms with Gasteiger partial charge in [0.1, 0.15) is 0 Å². The van der Waals surface area contributed by atoms with E-state index in [2.05, 4.69) is 17.3 Å². The topological polar surface area (TPSA) is 58.6 Å². The van der Waals surface area contributed by atoms with E-state index in [0.29, 0.717) is 17.6 Å². The Balaban J connectivity index is 1.57. The van der Waals surface area contributed by atoms with Crippen molar-refractivity contribution in [1.82, 2.24) is 10.2 Å². The summed E-state index contributed by atoms with van der Waals surface area (Å²) < 4.78 is 28.2. The third-order valence-corrected chi connectivity index (χ3v) is 5.47. The van der Waals surface area contributed by atoms with Crippen LogP contribution in [0, 0.1) is 0 Å². The van der Waals surface area contributed by atoms with Crippen molar-refractivity contribution in [2.24, 2.45) is 0 Å². The summed E-state index contributed by atoms with van der Waals surface area (Å²) in [4.78, 5) is 2.26. The Labute approximate surface area is 110 Å². The van der Waals surface area contributed by atoms with Crippen LogP contribution < -0.4 is 5.32 Å². The van der Waals surface area contributed by atoms with Crippen molar-refractivity contribution in [1.29, 1.82) is 0 Å². The zero-order valence-corrected chi connectivity index (χ0v) is 11.9. The summed E-state index contributed by atoms with van der Waals surface area (Å²) >= 11 is 0. The summed E-state index contributed by atoms with van der Waals surface area (Å²) in [5.74, 6) is 0.652. The number of hydrogen-bond acceptors (Lipinski definition) is 5. The highest BCUT2D eigenvalue weighted by Crippen LogP contribution is 2.13. The predicted molar refractivity (Wildman–Crippen MR) is 71.5 cm³/mol. The van der Waals surface area contributed by atoms with E-state index in [0.717, 1.165) is 32.7 Å². The predicted octanol–water partition coefficient (Wildman–Crippen LogP) is -0.126. The van der Waals surface area contributed by atoms with Gasteiger partial charge >= 0.3 is 0 Å². The number of likely N-dealkylation sites (N-methyl/N-ethyl adjacent to an activating group) is 1. The summed E-state index contributed by atoms with van der Waals surface area (Å²) in [6.07, 6.45) is 3.49. The van der Waals surface area contributed by atoms with Gasteiger partial charge in [-0.25, -0.2) is 8.42 Å². The van der Waals surface area contributed by atoms with Crippen molar-refractivity contribution in [2.75, 3.05) is 44.8 Å². The zero-order valence-electron chi connectivity index (χ0n) is 11.1. The fourth-order valence-electron chi connectivity index (χ4n) is 2.64. The highest BCUT2D eigenvalue weighted by molar-refractivity contribution is 7.91. The van der Waals surface area contributed by atoms with E-state index in [4.69, 9.17) is 4.74 Å². The molecule has 0 bridgehead atoms. The molecular weight excluding hydrogens is 252 g/mol. The van der Waals surface area contributed by atoms with Gasteiger partial charge in [0.05, 0.1) is 17.6 Å². The van der Waals surface area contributed by atoms with Crippen molar-refractivity contribution in [3.63, 3.8) is 0 Å². The van der Waals surface area contributed by atoms with Crippen LogP contribution in [-0.2, 0) is 14.6 Å². The zero-order chi connectivity index (χ0) is 13.0. The van der Waals surface area contributed by atoms with E-state index in [1.165, 1.54) is 12.8 Å². The molecule has 0 radical (unpaired) electrons. The highest BCUT2D eigenvalue weighted by atomic mass is 32.2. The molecule has 106 valence electrons. The number of ether oxygens (including phenoxy) is 1. The first-order valence-corrected chi connectivity index (χ1v) is 8.61. The molecule has 2 aliphatic rings. The molecule has 2 heterocycles. The van der Waals surface area contributed by atoms with Gasteiger partial charge in [0.2, 0.25) is 0 Å². The third kappa shape index (κ3) is 4.50. The first kappa shape index (κ1) is 14.2. The molecule has 2 aliphatic heterocycles. The number of nitrogens with one attached hydrogen (secondary N) is 1. The maximum atomic E-state index is 11.3. The van der Waals surface area contributed by atoms with Gasteiger partial charge in [-0.1, -0.05) is 0 Å². The fraction of sp³-hybridized carbons (Fsp3) is 1.00. The summed E-state index contributed by atoms with van der Waals surface area (Å²) in [5.41, 5.74) is 0. The standard InChI is InChI=1S/C12H24N2O3S/c1-14(9-12-3-2-7-17-12)6-5-13-11-4-8-18(15,16)10-11/h11-13H,2-10H2,1H3. The lowest BCUT2D eigenvalue weighted by atomic mass is 10.2. The summed E-state index contributed by atoms with van der Waals surface area (Å²) in [7, 11) is -0.669. The maximum Gasteiger partial charge on any atom is 0.151 e. The van der Waals surface area contributed by atoms with Gasteiger partial charge in [0, 0.05) is 32.3 Å². The normalized spacial score (nSPS) is 31.2. The molecule has 2 unspecified atom stereocenters. The second-order valence-electron chi connectivity index (χ2n) is 5.45. The Morgan fingerprint density at radius 2 is 2.22 bits per heavy atom. The summed E-state index contributed by atoms with van der Waals surface area (Å²) in [5, 5.41) is 3.33. The van der Waals surface area contributed by atoms with Crippen LogP contribution in [0.2, 0.25) is 0 Å². The molecule has 2 fully saturated rings. The highest BCUT2D eigenvalue weighted by Gasteiger charge is 2.27. The van der Waals surface area contributed by atoms with Gasteiger partial charge in [-0.2, -0.15) is 0 Å². The average molecular weight is 276 g/mol. The van der Waals surface area contributed by atoms with Gasteiger partial charge in [0.25, 0.3) is 0 Å². The minimum absolute atomic E-state index is 0.158. The molecular formula is C12H24N2O3S. The Hall–Kier alpha value is -0.170. The van der Waals surface area contributed by atoms with E-state index < -0.39 is 9.84 Å². The smallest absolute Gasteiger partial charge is 0.151 e. The molecule has 2 saturated heterocycles. The molecule has 5 nitrogen and oxygen atoms in total. The van der Waals surface area contributed by atoms with Crippen LogP contribution in [-0.4, -0.2) is 70.3 Å². The van der Waals surface area contributed by atoms with E-state index in [1.807, 2.05) is 0 Å². The Kier molecular flexibility index (Phi) is 5.00. The minimum Gasteiger partial charge on any atom is -0.377 e. The number of nitrogens with zero attached hydrogens (tertiary/aromatic N) is 1. The van der Waals surface area contributed by atoms with E-state index in [9.17, 15) is 8.42 Å². The largest absolute Gasteiger partial charge is 0.377 e. The lowest BCUT2D eigenvalue weighted by Crippen LogP contribution is -2.38. The second-order valence-corrected chi connectivity index (χ2v) is 7.68. The molecule has 0 aliphatic carbocycles. The molecule has 0 aromatic heterocycles. The Morgan fingerprint density at radius 1 is 1.39 bits per heavy atom. The SMILES string of the molecule is CN(CCNC1CCS(=O)(=O)C1)CC1CCCO1. The van der Waals surface area contributed by atoms with Gasteiger partial charge in [-0.15, -0.1) is 0 Å². The molecule has 0 spiro atoms. The quantitative estimate of drug-likeness (QED) is 0.732. The summed E-state index contributed by atoms with van der Waals surface area (Å²) in [6.45, 7) is 3.67. The van der Waals surface area contributed by atoms with Gasteiger partial charge < -0.3 is 15.0 Å². The van der Waals surface area contributed by atoms with Gasteiger partial charge in [-0.3, -0.25) is 0 Å². The number of sulfone groups is 1. The molecule has 18 heavy (non-hydrogen) atoms. The molecule has 1 N–H and O–H groups in total. The second kappa shape index (κ2) is 6.32. The molecule has 0 amide bonds. The first-order valence-electron chi connectivity index (χ1n) is 6.79. The first-order chi connectivity index (χ1) is 8.55. The van der Waals surface area contributed by atoms with Crippen molar-refractivity contribution in [3.05, 3.63) is 0 Å². The van der Waals surface area contributed by atoms with Crippen LogP contribution >= 0.6 is 0 Å². The van der Waals surface area contributed by atoms with Crippen LogP contribution in [0.1, 0.15) is 19.3 Å². The fourth-order valence-corrected chi connectivity index (χ4v) is 4.35. The summed E-state index contributed by atoms with van der Waals surface area (Å²) in [6, 6.07) is 0.158. The van der Waals surface area contributed by atoms with Gasteiger partial charge in [0.15, 0.2) is 9.84 Å². The molecule has 6 heteroatoms. The van der Waals surface area contributed by atoms with E-state index in [1.54, 1.807) is 0 Å². The average Bonchev–Trinajstić information content (AvgIpc) is 2.88. The monoisotopic (exact) mass is 276 g/mol. The van der Waals surface area contributed by atoms with Crippen molar-refractivity contribution >= 4 is 9.84 Å². The van der Waals surface area contributed by atoms with Crippen molar-refractivity contribution in [3.8, 4) is 0 Å². The number of hydrogen-bond donors (Lipinski definition) is 1. The van der Waals surface area contributed by atoms with Crippen LogP contribution in [0.4, 0.5) is 0 Å². The third-order valence-electron chi connectivity index (χ3n) is 3.70. The van der Waals surface area contributed by atoms with Crippen LogP contribution in [0.3, 0.4) is 0 Å². The molecule has 0 aromatic rings. The van der Waals surface area contributed by atoms with Crippen molar-refractivity contribution < 1.29 is 13.2 Å². The van der Waals surface area contributed by atoms with Crippen molar-refractivity contribution in [2.45, 2.75) is 31.4 Å². The van der Waals surface area contributed by atoms with Crippen LogP contribution in [0.25, 0.3) is 0 Å². The van der Waals surface area contributed by atoms with Crippen LogP contribution in [0.5, 0.6) is 0 Å². The number of rotatable bonds is 6. The van der Waals surface area contributed by atoms with E-state index in [-0.39, 0.29) is 6.04 Å². The van der Waals surface area contributed by atoms with Gasteiger partial charge in [-0.05, 0) is 26.3 Å². The minimum atomic E-state index is -2.76. The lowest BCUT2D eigenvalue weighted by Gasteiger charge is -2.21. The van der Waals surface area contributed by atoms with E-state index >= 15 is 0 Å². The van der Waals surface area contributed by atoms with Crippen LogP contribution in [0.15, 0.2) is 0 Å². The lowest BCUT2D eigenvalue weighted by molar-refractivity contribution is 0.0813. The Morgan fingerprint density at radius 3 is 2.83 bits per heavy atom. The Bertz CT molecular complexity index is 352. The molecule has 0 aromatic carbocycles. The molecule has 2 atom stereocenters. The maximum absolute atomic E-state index is 11.3. The molecule has 0 saturated carbocycles. The molecule has 2 rings (SSSR count).